The zero-order valence-electron chi connectivity index (χ0n) is 13.0. The van der Waals surface area contributed by atoms with E-state index in [0.29, 0.717) is 11.4 Å². The molecular weight excluding hydrogens is 274 g/mol. The van der Waals surface area contributed by atoms with Gasteiger partial charge in [0.25, 0.3) is 0 Å². The Bertz CT molecular complexity index is 731. The fourth-order valence-electron chi connectivity index (χ4n) is 1.62. The van der Waals surface area contributed by atoms with Crippen LogP contribution in [0.3, 0.4) is 0 Å². The van der Waals surface area contributed by atoms with Crippen LogP contribution < -0.4 is 11.1 Å². The number of nitrogens with one attached hydrogen (secondary N) is 1. The number of nitrogen functional groups attached to an aromatic ring is 1. The van der Waals surface area contributed by atoms with Crippen LogP contribution in [0.25, 0.3) is 0 Å². The van der Waals surface area contributed by atoms with Gasteiger partial charge in [0.1, 0.15) is 0 Å². The van der Waals surface area contributed by atoms with Gasteiger partial charge in [0.05, 0.1) is 17.4 Å². The average molecular weight is 293 g/mol. The van der Waals surface area contributed by atoms with Crippen molar-refractivity contribution in [3.05, 3.63) is 53.9 Å². The Balaban J connectivity index is 2.26. The van der Waals surface area contributed by atoms with Crippen LogP contribution in [-0.2, 0) is 4.79 Å². The van der Waals surface area contributed by atoms with E-state index in [0.717, 1.165) is 11.1 Å². The molecule has 2 aromatic rings. The van der Waals surface area contributed by atoms with Gasteiger partial charge in [-0.2, -0.15) is 0 Å². The molecule has 0 saturated carbocycles. The minimum absolute atomic E-state index is 0.0731. The first-order valence-electron chi connectivity index (χ1n) is 6.99. The molecule has 0 saturated heterocycles. The summed E-state index contributed by atoms with van der Waals surface area (Å²) in [6.07, 6.45) is 3.26. The molecule has 4 nitrogen and oxygen atoms in total. The lowest BCUT2D eigenvalue weighted by atomic mass is 9.95. The summed E-state index contributed by atoms with van der Waals surface area (Å²) >= 11 is 0. The van der Waals surface area contributed by atoms with E-state index >= 15 is 0 Å². The lowest BCUT2D eigenvalue weighted by Crippen LogP contribution is -2.28. The molecule has 0 fully saturated rings. The van der Waals surface area contributed by atoms with Crippen molar-refractivity contribution in [1.82, 2.24) is 4.98 Å². The van der Waals surface area contributed by atoms with Crippen molar-refractivity contribution in [2.75, 3.05) is 11.1 Å². The van der Waals surface area contributed by atoms with Gasteiger partial charge in [-0.3, -0.25) is 9.78 Å². The summed E-state index contributed by atoms with van der Waals surface area (Å²) in [5.41, 5.74) is 8.08. The average Bonchev–Trinajstić information content (AvgIpc) is 2.47. The van der Waals surface area contributed by atoms with E-state index in [4.69, 9.17) is 5.73 Å². The summed E-state index contributed by atoms with van der Waals surface area (Å²) in [7, 11) is 0. The molecule has 1 aromatic carbocycles. The smallest absolute Gasteiger partial charge is 0.229 e. The quantitative estimate of drug-likeness (QED) is 0.627. The number of hydrogen-bond acceptors (Lipinski definition) is 3. The van der Waals surface area contributed by atoms with Crippen molar-refractivity contribution >= 4 is 17.3 Å². The first-order chi connectivity index (χ1) is 10.4. The van der Waals surface area contributed by atoms with Crippen LogP contribution in [0.4, 0.5) is 11.4 Å². The highest BCUT2D eigenvalue weighted by Gasteiger charge is 2.21. The molecule has 0 aliphatic rings. The van der Waals surface area contributed by atoms with Crippen molar-refractivity contribution in [2.45, 2.75) is 20.8 Å². The molecule has 1 aromatic heterocycles. The summed E-state index contributed by atoms with van der Waals surface area (Å²) in [5.74, 6) is 6.04. The van der Waals surface area contributed by atoms with E-state index in [-0.39, 0.29) is 5.91 Å². The third-order valence-corrected chi connectivity index (χ3v) is 3.00. The fraction of sp³-hybridized carbons (Fsp3) is 0.222. The molecule has 0 aliphatic carbocycles. The van der Waals surface area contributed by atoms with E-state index < -0.39 is 5.41 Å². The van der Waals surface area contributed by atoms with Gasteiger partial charge in [0, 0.05) is 22.9 Å². The van der Waals surface area contributed by atoms with Crippen molar-refractivity contribution in [3.8, 4) is 11.8 Å². The lowest BCUT2D eigenvalue weighted by molar-refractivity contribution is -0.123. The van der Waals surface area contributed by atoms with E-state index in [1.165, 1.54) is 0 Å². The number of carbonyl (C=O) groups is 1. The van der Waals surface area contributed by atoms with Gasteiger partial charge in [-0.1, -0.05) is 32.6 Å². The zero-order valence-corrected chi connectivity index (χ0v) is 13.0. The second-order valence-corrected chi connectivity index (χ2v) is 6.00. The van der Waals surface area contributed by atoms with Crippen LogP contribution in [0.15, 0.2) is 42.7 Å². The van der Waals surface area contributed by atoms with Crippen LogP contribution in [0, 0.1) is 17.3 Å². The van der Waals surface area contributed by atoms with Crippen LogP contribution in [0.2, 0.25) is 0 Å². The number of nitrogens with two attached hydrogens (primary N) is 1. The summed E-state index contributed by atoms with van der Waals surface area (Å²) < 4.78 is 0. The largest absolute Gasteiger partial charge is 0.399 e. The number of carbonyl (C=O) groups excluding carboxylic acids is 1. The Morgan fingerprint density at radius 2 is 1.82 bits per heavy atom. The number of pyridine rings is 1. The van der Waals surface area contributed by atoms with Gasteiger partial charge in [-0.05, 0) is 30.3 Å². The molecule has 1 heterocycles. The van der Waals surface area contributed by atoms with Gasteiger partial charge in [0.15, 0.2) is 0 Å². The second kappa shape index (κ2) is 6.31. The number of hydrogen-bond donors (Lipinski definition) is 2. The monoisotopic (exact) mass is 293 g/mol. The number of nitrogens with zero attached hydrogens (tertiary/aromatic N) is 1. The maximum atomic E-state index is 12.1. The van der Waals surface area contributed by atoms with Crippen LogP contribution in [-0.4, -0.2) is 10.9 Å². The maximum Gasteiger partial charge on any atom is 0.229 e. The first kappa shape index (κ1) is 15.6. The molecule has 0 spiro atoms. The predicted molar refractivity (Wildman–Crippen MR) is 89.2 cm³/mol. The Morgan fingerprint density at radius 3 is 2.45 bits per heavy atom. The number of aromatic nitrogens is 1. The standard InChI is InChI=1S/C18H19N3O/c1-18(2,3)17(22)21-16-12-20-11-10-14(16)7-4-13-5-8-15(19)9-6-13/h5-6,8-12H,19H2,1-3H3,(H,21,22). The van der Waals surface area contributed by atoms with Crippen LogP contribution in [0.1, 0.15) is 31.9 Å². The SMILES string of the molecule is CC(C)(C)C(=O)Nc1cnccc1C#Cc1ccc(N)cc1. The molecule has 112 valence electrons. The molecule has 0 unspecified atom stereocenters. The molecule has 0 bridgehead atoms. The maximum absolute atomic E-state index is 12.1. The molecular formula is C18H19N3O. The second-order valence-electron chi connectivity index (χ2n) is 6.00. The Kier molecular flexibility index (Phi) is 4.47. The van der Waals surface area contributed by atoms with Crippen LogP contribution in [0.5, 0.6) is 0 Å². The highest BCUT2D eigenvalue weighted by Crippen LogP contribution is 2.19. The molecule has 4 heteroatoms. The molecule has 1 amide bonds. The number of rotatable bonds is 1. The van der Waals surface area contributed by atoms with E-state index in [1.54, 1.807) is 30.6 Å². The van der Waals surface area contributed by atoms with Gasteiger partial charge in [-0.15, -0.1) is 0 Å². The van der Waals surface area contributed by atoms with Crippen molar-refractivity contribution < 1.29 is 4.79 Å². The normalized spacial score (nSPS) is 10.5. The van der Waals surface area contributed by atoms with Gasteiger partial charge in [-0.25, -0.2) is 0 Å². The highest BCUT2D eigenvalue weighted by molar-refractivity contribution is 5.95. The van der Waals surface area contributed by atoms with Gasteiger partial charge >= 0.3 is 0 Å². The first-order valence-corrected chi connectivity index (χ1v) is 6.99. The molecule has 0 aliphatic heterocycles. The summed E-state index contributed by atoms with van der Waals surface area (Å²) in [6, 6.07) is 9.11. The summed E-state index contributed by atoms with van der Waals surface area (Å²) in [4.78, 5) is 16.1. The van der Waals surface area contributed by atoms with E-state index in [9.17, 15) is 4.79 Å². The van der Waals surface area contributed by atoms with E-state index in [2.05, 4.69) is 22.1 Å². The Hall–Kier alpha value is -2.80. The molecule has 3 N–H and O–H groups in total. The lowest BCUT2D eigenvalue weighted by Gasteiger charge is -2.18. The minimum atomic E-state index is -0.475. The minimum Gasteiger partial charge on any atom is -0.399 e. The Morgan fingerprint density at radius 1 is 1.14 bits per heavy atom. The number of anilines is 2. The molecule has 0 atom stereocenters. The molecule has 2 rings (SSSR count). The van der Waals surface area contributed by atoms with Gasteiger partial charge < -0.3 is 11.1 Å². The van der Waals surface area contributed by atoms with Crippen molar-refractivity contribution in [2.24, 2.45) is 5.41 Å². The third kappa shape index (κ3) is 4.10. The summed E-state index contributed by atoms with van der Waals surface area (Å²) in [5, 5.41) is 2.87. The van der Waals surface area contributed by atoms with Gasteiger partial charge in [0.2, 0.25) is 5.91 Å². The molecule has 0 radical (unpaired) electrons. The molecule has 22 heavy (non-hydrogen) atoms. The third-order valence-electron chi connectivity index (χ3n) is 3.00. The number of amides is 1. The Labute approximate surface area is 130 Å². The predicted octanol–water partition coefficient (Wildman–Crippen LogP) is 3.05. The van der Waals surface area contributed by atoms with Crippen molar-refractivity contribution in [3.63, 3.8) is 0 Å². The van der Waals surface area contributed by atoms with Crippen molar-refractivity contribution in [1.29, 1.82) is 0 Å². The number of benzene rings is 1. The topological polar surface area (TPSA) is 68.0 Å². The van der Waals surface area contributed by atoms with E-state index in [1.807, 2.05) is 32.9 Å². The fourth-order valence-corrected chi connectivity index (χ4v) is 1.62. The summed E-state index contributed by atoms with van der Waals surface area (Å²) in [6.45, 7) is 5.58. The highest BCUT2D eigenvalue weighted by atomic mass is 16.2. The van der Waals surface area contributed by atoms with Crippen LogP contribution >= 0.6 is 0 Å². The zero-order chi connectivity index (χ0) is 16.2.